The van der Waals surface area contributed by atoms with Crippen molar-refractivity contribution in [3.05, 3.63) is 41.0 Å². The lowest BCUT2D eigenvalue weighted by Gasteiger charge is -2.10. The highest BCUT2D eigenvalue weighted by molar-refractivity contribution is 5.68. The number of aryl methyl sites for hydroxylation is 3. The van der Waals surface area contributed by atoms with Gasteiger partial charge in [-0.3, -0.25) is 0 Å². The largest absolute Gasteiger partial charge is 0.326 e. The second-order valence-corrected chi connectivity index (χ2v) is 3.56. The lowest BCUT2D eigenvalue weighted by molar-refractivity contribution is 1.23. The Morgan fingerprint density at radius 3 is 2.23 bits per heavy atom. The van der Waals surface area contributed by atoms with E-state index in [-0.39, 0.29) is 0 Å². The van der Waals surface area contributed by atoms with Gasteiger partial charge in [0.15, 0.2) is 0 Å². The Morgan fingerprint density at radius 2 is 1.69 bits per heavy atom. The van der Waals surface area contributed by atoms with Gasteiger partial charge in [-0.05, 0) is 48.6 Å². The molecule has 70 valence electrons. The molecule has 1 aromatic rings. The summed E-state index contributed by atoms with van der Waals surface area (Å²) in [6.45, 7) is 10.8. The standard InChI is InChI=1S/C12H17N/c1-8-5-10(3)12(6-9(8)2)11(4)7-13/h5-6H,4,7,13H2,1-3H3. The van der Waals surface area contributed by atoms with Crippen molar-refractivity contribution in [2.24, 2.45) is 5.73 Å². The molecule has 0 fully saturated rings. The topological polar surface area (TPSA) is 26.0 Å². The monoisotopic (exact) mass is 175 g/mol. The van der Waals surface area contributed by atoms with E-state index in [2.05, 4.69) is 39.5 Å². The molecule has 0 radical (unpaired) electrons. The molecule has 13 heavy (non-hydrogen) atoms. The van der Waals surface area contributed by atoms with Crippen LogP contribution in [0.5, 0.6) is 0 Å². The Balaban J connectivity index is 3.23. The summed E-state index contributed by atoms with van der Waals surface area (Å²) in [7, 11) is 0. The van der Waals surface area contributed by atoms with Gasteiger partial charge in [-0.25, -0.2) is 0 Å². The predicted molar refractivity (Wildman–Crippen MR) is 58.7 cm³/mol. The molecular weight excluding hydrogens is 158 g/mol. The smallest absolute Gasteiger partial charge is 0.0178 e. The minimum Gasteiger partial charge on any atom is -0.326 e. The van der Waals surface area contributed by atoms with Crippen molar-refractivity contribution in [2.45, 2.75) is 20.8 Å². The molecule has 0 aliphatic heterocycles. The van der Waals surface area contributed by atoms with E-state index in [9.17, 15) is 0 Å². The molecule has 0 unspecified atom stereocenters. The van der Waals surface area contributed by atoms with Crippen LogP contribution in [0.25, 0.3) is 5.57 Å². The van der Waals surface area contributed by atoms with Crippen molar-refractivity contribution < 1.29 is 0 Å². The lowest BCUT2D eigenvalue weighted by Crippen LogP contribution is -2.03. The van der Waals surface area contributed by atoms with Gasteiger partial charge in [0.25, 0.3) is 0 Å². The van der Waals surface area contributed by atoms with Gasteiger partial charge < -0.3 is 5.73 Å². The summed E-state index contributed by atoms with van der Waals surface area (Å²) < 4.78 is 0. The number of rotatable bonds is 2. The first-order chi connectivity index (χ1) is 6.06. The normalized spacial score (nSPS) is 10.2. The average Bonchev–Trinajstić information content (AvgIpc) is 2.10. The van der Waals surface area contributed by atoms with Crippen LogP contribution in [0.15, 0.2) is 18.7 Å². The molecule has 0 saturated carbocycles. The second-order valence-electron chi connectivity index (χ2n) is 3.56. The molecule has 1 rings (SSSR count). The highest BCUT2D eigenvalue weighted by Crippen LogP contribution is 2.20. The fourth-order valence-corrected chi connectivity index (χ4v) is 1.45. The van der Waals surface area contributed by atoms with Gasteiger partial charge in [0.1, 0.15) is 0 Å². The fraction of sp³-hybridized carbons (Fsp3) is 0.333. The minimum absolute atomic E-state index is 0.531. The highest BCUT2D eigenvalue weighted by Gasteiger charge is 2.03. The Hall–Kier alpha value is -1.08. The second kappa shape index (κ2) is 3.75. The molecule has 0 spiro atoms. The Labute approximate surface area is 80.3 Å². The van der Waals surface area contributed by atoms with Crippen molar-refractivity contribution in [3.63, 3.8) is 0 Å². The van der Waals surface area contributed by atoms with E-state index in [0.717, 1.165) is 5.57 Å². The van der Waals surface area contributed by atoms with Gasteiger partial charge in [0, 0.05) is 6.54 Å². The first kappa shape index (κ1) is 10.0. The fourth-order valence-electron chi connectivity index (χ4n) is 1.45. The quantitative estimate of drug-likeness (QED) is 0.734. The molecule has 0 aliphatic rings. The zero-order valence-electron chi connectivity index (χ0n) is 8.65. The van der Waals surface area contributed by atoms with E-state index in [0.29, 0.717) is 6.54 Å². The third kappa shape index (κ3) is 1.99. The van der Waals surface area contributed by atoms with E-state index in [4.69, 9.17) is 5.73 Å². The van der Waals surface area contributed by atoms with Gasteiger partial charge in [-0.1, -0.05) is 18.7 Å². The molecule has 1 heteroatoms. The van der Waals surface area contributed by atoms with Crippen LogP contribution in [0.2, 0.25) is 0 Å². The SMILES string of the molecule is C=C(CN)c1cc(C)c(C)cc1C. The summed E-state index contributed by atoms with van der Waals surface area (Å²) in [5.74, 6) is 0. The number of hydrogen-bond donors (Lipinski definition) is 1. The van der Waals surface area contributed by atoms with Crippen molar-refractivity contribution in [3.8, 4) is 0 Å². The van der Waals surface area contributed by atoms with Crippen LogP contribution in [-0.4, -0.2) is 6.54 Å². The lowest BCUT2D eigenvalue weighted by atomic mass is 9.96. The molecule has 0 amide bonds. The number of hydrogen-bond acceptors (Lipinski definition) is 1. The maximum Gasteiger partial charge on any atom is 0.0178 e. The van der Waals surface area contributed by atoms with Crippen LogP contribution in [0.3, 0.4) is 0 Å². The van der Waals surface area contributed by atoms with E-state index in [1.807, 2.05) is 0 Å². The van der Waals surface area contributed by atoms with Gasteiger partial charge in [-0.15, -0.1) is 0 Å². The molecular formula is C12H17N. The molecule has 0 heterocycles. The molecule has 1 aromatic carbocycles. The average molecular weight is 175 g/mol. The van der Waals surface area contributed by atoms with E-state index < -0.39 is 0 Å². The minimum atomic E-state index is 0.531. The first-order valence-corrected chi connectivity index (χ1v) is 4.52. The Bertz CT molecular complexity index is 337. The molecule has 0 bridgehead atoms. The summed E-state index contributed by atoms with van der Waals surface area (Å²) in [4.78, 5) is 0. The molecule has 0 atom stereocenters. The summed E-state index contributed by atoms with van der Waals surface area (Å²) in [6.07, 6.45) is 0. The van der Waals surface area contributed by atoms with Crippen LogP contribution in [-0.2, 0) is 0 Å². The summed E-state index contributed by atoms with van der Waals surface area (Å²) in [5, 5.41) is 0. The third-order valence-electron chi connectivity index (χ3n) is 2.47. The van der Waals surface area contributed by atoms with Crippen LogP contribution in [0.1, 0.15) is 22.3 Å². The zero-order valence-corrected chi connectivity index (χ0v) is 8.65. The molecule has 2 N–H and O–H groups in total. The molecule has 0 aromatic heterocycles. The van der Waals surface area contributed by atoms with Crippen LogP contribution < -0.4 is 5.73 Å². The number of nitrogens with two attached hydrogens (primary N) is 1. The van der Waals surface area contributed by atoms with Crippen molar-refractivity contribution in [2.75, 3.05) is 6.54 Å². The molecule has 0 saturated heterocycles. The van der Waals surface area contributed by atoms with Crippen LogP contribution in [0, 0.1) is 20.8 Å². The summed E-state index contributed by atoms with van der Waals surface area (Å²) in [5.41, 5.74) is 11.7. The van der Waals surface area contributed by atoms with Gasteiger partial charge in [-0.2, -0.15) is 0 Å². The molecule has 0 aliphatic carbocycles. The Morgan fingerprint density at radius 1 is 1.15 bits per heavy atom. The van der Waals surface area contributed by atoms with Crippen molar-refractivity contribution in [1.29, 1.82) is 0 Å². The first-order valence-electron chi connectivity index (χ1n) is 4.52. The Kier molecular flexibility index (Phi) is 2.89. The van der Waals surface area contributed by atoms with Crippen LogP contribution >= 0.6 is 0 Å². The summed E-state index contributed by atoms with van der Waals surface area (Å²) >= 11 is 0. The molecule has 1 nitrogen and oxygen atoms in total. The van der Waals surface area contributed by atoms with Gasteiger partial charge in [0.2, 0.25) is 0 Å². The van der Waals surface area contributed by atoms with Gasteiger partial charge in [0.05, 0.1) is 0 Å². The maximum atomic E-state index is 5.56. The van der Waals surface area contributed by atoms with E-state index >= 15 is 0 Å². The summed E-state index contributed by atoms with van der Waals surface area (Å²) in [6, 6.07) is 4.35. The predicted octanol–water partition coefficient (Wildman–Crippen LogP) is 2.58. The van der Waals surface area contributed by atoms with Crippen molar-refractivity contribution in [1.82, 2.24) is 0 Å². The maximum absolute atomic E-state index is 5.56. The highest BCUT2D eigenvalue weighted by atomic mass is 14.5. The van der Waals surface area contributed by atoms with Crippen molar-refractivity contribution >= 4 is 5.57 Å². The van der Waals surface area contributed by atoms with Crippen LogP contribution in [0.4, 0.5) is 0 Å². The zero-order chi connectivity index (χ0) is 10.0. The van der Waals surface area contributed by atoms with Gasteiger partial charge >= 0.3 is 0 Å². The van der Waals surface area contributed by atoms with E-state index in [1.54, 1.807) is 0 Å². The number of benzene rings is 1. The third-order valence-corrected chi connectivity index (χ3v) is 2.47. The van der Waals surface area contributed by atoms with E-state index in [1.165, 1.54) is 22.3 Å².